The Morgan fingerprint density at radius 1 is 1.09 bits per heavy atom. The minimum Gasteiger partial charge on any atom is -0.497 e. The van der Waals surface area contributed by atoms with Gasteiger partial charge < -0.3 is 29.4 Å². The normalized spacial score (nSPS) is 14.0. The molecule has 0 unspecified atom stereocenters. The van der Waals surface area contributed by atoms with E-state index in [0.717, 1.165) is 73.9 Å². The number of nitrogens with one attached hydrogen (secondary N) is 2. The molecule has 186 valence electrons. The lowest BCUT2D eigenvalue weighted by Crippen LogP contribution is -2.40. The van der Waals surface area contributed by atoms with Gasteiger partial charge in [0, 0.05) is 48.3 Å². The number of morpholine rings is 1. The number of anilines is 1. The Kier molecular flexibility index (Phi) is 8.57. The summed E-state index contributed by atoms with van der Waals surface area (Å²) in [5.74, 6) is 1.52. The summed E-state index contributed by atoms with van der Waals surface area (Å²) < 4.78 is 16.0. The van der Waals surface area contributed by atoms with Gasteiger partial charge in [0.1, 0.15) is 11.5 Å². The van der Waals surface area contributed by atoms with Gasteiger partial charge in [-0.25, -0.2) is 0 Å². The van der Waals surface area contributed by atoms with E-state index in [2.05, 4.69) is 20.1 Å². The molecule has 8 nitrogen and oxygen atoms in total. The molecule has 2 N–H and O–H groups in total. The zero-order valence-electron chi connectivity index (χ0n) is 20.2. The number of benzene rings is 2. The van der Waals surface area contributed by atoms with Crippen molar-refractivity contribution in [1.82, 2.24) is 14.8 Å². The van der Waals surface area contributed by atoms with E-state index < -0.39 is 0 Å². The predicted octanol–water partition coefficient (Wildman–Crippen LogP) is 3.47. The number of aromatic amines is 1. The molecule has 4 rings (SSSR count). The molecule has 0 saturated carbocycles. The van der Waals surface area contributed by atoms with Gasteiger partial charge in [0.05, 0.1) is 34.0 Å². The Bertz CT molecular complexity index is 1190. The molecule has 1 aliphatic rings. The van der Waals surface area contributed by atoms with Crippen LogP contribution in [0.25, 0.3) is 10.9 Å². The van der Waals surface area contributed by atoms with E-state index in [4.69, 9.17) is 26.4 Å². The maximum atomic E-state index is 12.9. The molecule has 0 spiro atoms. The zero-order valence-corrected chi connectivity index (χ0v) is 21.0. The molecule has 1 aromatic heterocycles. The number of methoxy groups -OCH3 is 2. The summed E-state index contributed by atoms with van der Waals surface area (Å²) in [5, 5.41) is 4.80. The van der Waals surface area contributed by atoms with E-state index in [1.54, 1.807) is 14.2 Å². The van der Waals surface area contributed by atoms with Gasteiger partial charge in [0.25, 0.3) is 5.56 Å². The first-order valence-electron chi connectivity index (χ1n) is 11.8. The fraction of sp³-hybridized carbons (Fsp3) is 0.385. The topological polar surface area (TPSA) is 79.1 Å². The molecule has 2 aromatic carbocycles. The number of ether oxygens (including phenoxy) is 3. The van der Waals surface area contributed by atoms with Crippen LogP contribution in [0.5, 0.6) is 11.5 Å². The Hall–Kier alpha value is -3.14. The molecule has 9 heteroatoms. The zero-order chi connectivity index (χ0) is 24.6. The van der Waals surface area contributed by atoms with Gasteiger partial charge in [-0.05, 0) is 67.2 Å². The summed E-state index contributed by atoms with van der Waals surface area (Å²) in [6, 6.07) is 15.1. The van der Waals surface area contributed by atoms with Crippen LogP contribution < -0.4 is 20.3 Å². The van der Waals surface area contributed by atoms with E-state index in [1.165, 1.54) is 0 Å². The molecule has 0 atom stereocenters. The molecule has 2 heterocycles. The lowest BCUT2D eigenvalue weighted by molar-refractivity contribution is 0.0367. The highest BCUT2D eigenvalue weighted by atomic mass is 32.1. The molecular formula is C26H32N4O4S. The van der Waals surface area contributed by atoms with Crippen LogP contribution in [-0.4, -0.2) is 73.5 Å². The second-order valence-corrected chi connectivity index (χ2v) is 8.85. The molecule has 1 saturated heterocycles. The van der Waals surface area contributed by atoms with E-state index in [9.17, 15) is 4.79 Å². The lowest BCUT2D eigenvalue weighted by atomic mass is 10.1. The SMILES string of the molecule is COc1ccc(NC(=S)N(CCCN2CCOCC2)Cc2cc3cc(OC)ccc3[nH]c2=O)cc1. The molecule has 0 aliphatic carbocycles. The Labute approximate surface area is 210 Å². The van der Waals surface area contributed by atoms with Crippen LogP contribution in [0.4, 0.5) is 5.69 Å². The van der Waals surface area contributed by atoms with Crippen molar-refractivity contribution < 1.29 is 14.2 Å². The molecule has 0 amide bonds. The van der Waals surface area contributed by atoms with E-state index in [1.807, 2.05) is 48.5 Å². The van der Waals surface area contributed by atoms with Gasteiger partial charge in [-0.15, -0.1) is 0 Å². The highest BCUT2D eigenvalue weighted by Gasteiger charge is 2.16. The quantitative estimate of drug-likeness (QED) is 0.436. The van der Waals surface area contributed by atoms with Crippen LogP contribution in [0.15, 0.2) is 53.3 Å². The van der Waals surface area contributed by atoms with Crippen molar-refractivity contribution in [1.29, 1.82) is 0 Å². The van der Waals surface area contributed by atoms with Crippen molar-refractivity contribution in [3.63, 3.8) is 0 Å². The van der Waals surface area contributed by atoms with Crippen LogP contribution in [-0.2, 0) is 11.3 Å². The summed E-state index contributed by atoms with van der Waals surface area (Å²) in [5.41, 5.74) is 2.17. The minimum absolute atomic E-state index is 0.118. The minimum atomic E-state index is -0.118. The van der Waals surface area contributed by atoms with Crippen molar-refractivity contribution in [2.45, 2.75) is 13.0 Å². The number of rotatable bonds is 9. The van der Waals surface area contributed by atoms with Gasteiger partial charge in [-0.1, -0.05) is 0 Å². The van der Waals surface area contributed by atoms with Crippen molar-refractivity contribution in [2.75, 3.05) is 58.9 Å². The Morgan fingerprint density at radius 2 is 1.80 bits per heavy atom. The van der Waals surface area contributed by atoms with Gasteiger partial charge in [-0.3, -0.25) is 9.69 Å². The van der Waals surface area contributed by atoms with Gasteiger partial charge >= 0.3 is 0 Å². The molecule has 35 heavy (non-hydrogen) atoms. The van der Waals surface area contributed by atoms with Crippen LogP contribution in [0.2, 0.25) is 0 Å². The standard InChI is InChI=1S/C26H32N4O4S/c1-32-22-6-4-21(5-7-22)27-26(35)30(11-3-10-29-12-14-34-15-13-29)18-20-16-19-17-23(33-2)8-9-24(19)28-25(20)31/h4-9,16-17H,3,10-15,18H2,1-2H3,(H,27,35)(H,28,31). The number of hydrogen-bond donors (Lipinski definition) is 2. The van der Waals surface area contributed by atoms with Crippen molar-refractivity contribution in [2.24, 2.45) is 0 Å². The maximum absolute atomic E-state index is 12.9. The number of aromatic nitrogens is 1. The highest BCUT2D eigenvalue weighted by molar-refractivity contribution is 7.80. The molecule has 0 bridgehead atoms. The monoisotopic (exact) mass is 496 g/mol. The summed E-state index contributed by atoms with van der Waals surface area (Å²) >= 11 is 5.78. The fourth-order valence-electron chi connectivity index (χ4n) is 4.12. The first-order chi connectivity index (χ1) is 17.1. The molecule has 1 fully saturated rings. The lowest BCUT2D eigenvalue weighted by Gasteiger charge is -2.29. The molecule has 1 aliphatic heterocycles. The van der Waals surface area contributed by atoms with Gasteiger partial charge in [0.2, 0.25) is 0 Å². The summed E-state index contributed by atoms with van der Waals surface area (Å²) in [6.45, 7) is 5.51. The van der Waals surface area contributed by atoms with Crippen molar-refractivity contribution >= 4 is 33.9 Å². The maximum Gasteiger partial charge on any atom is 0.253 e. The third-order valence-electron chi connectivity index (χ3n) is 6.12. The molecular weight excluding hydrogens is 464 g/mol. The fourth-order valence-corrected chi connectivity index (χ4v) is 4.39. The predicted molar refractivity (Wildman–Crippen MR) is 143 cm³/mol. The number of hydrogen-bond acceptors (Lipinski definition) is 6. The number of nitrogens with zero attached hydrogens (tertiary/aromatic N) is 2. The second-order valence-electron chi connectivity index (χ2n) is 8.46. The highest BCUT2D eigenvalue weighted by Crippen LogP contribution is 2.20. The third-order valence-corrected chi connectivity index (χ3v) is 6.48. The van der Waals surface area contributed by atoms with E-state index in [-0.39, 0.29) is 5.56 Å². The summed E-state index contributed by atoms with van der Waals surface area (Å²) in [4.78, 5) is 20.3. The smallest absolute Gasteiger partial charge is 0.253 e. The number of fused-ring (bicyclic) bond motifs is 1. The van der Waals surface area contributed by atoms with Gasteiger partial charge in [-0.2, -0.15) is 0 Å². The first-order valence-corrected chi connectivity index (χ1v) is 12.2. The van der Waals surface area contributed by atoms with Crippen LogP contribution in [0.3, 0.4) is 0 Å². The second kappa shape index (κ2) is 12.0. The average Bonchev–Trinajstić information content (AvgIpc) is 2.89. The number of pyridine rings is 1. The van der Waals surface area contributed by atoms with Crippen molar-refractivity contribution in [3.05, 3.63) is 64.4 Å². The largest absolute Gasteiger partial charge is 0.497 e. The summed E-state index contributed by atoms with van der Waals surface area (Å²) in [7, 11) is 3.27. The summed E-state index contributed by atoms with van der Waals surface area (Å²) in [6.07, 6.45) is 0.920. The van der Waals surface area contributed by atoms with Crippen LogP contribution in [0, 0.1) is 0 Å². The molecule has 3 aromatic rings. The average molecular weight is 497 g/mol. The Morgan fingerprint density at radius 3 is 2.51 bits per heavy atom. The number of thiocarbonyl (C=S) groups is 1. The van der Waals surface area contributed by atoms with Gasteiger partial charge in [0.15, 0.2) is 5.11 Å². The van der Waals surface area contributed by atoms with Crippen LogP contribution >= 0.6 is 12.2 Å². The molecule has 0 radical (unpaired) electrons. The van der Waals surface area contributed by atoms with Crippen molar-refractivity contribution in [3.8, 4) is 11.5 Å². The van der Waals surface area contributed by atoms with E-state index >= 15 is 0 Å². The third kappa shape index (κ3) is 6.72. The Balaban J connectivity index is 1.51. The van der Waals surface area contributed by atoms with E-state index in [0.29, 0.717) is 17.2 Å². The van der Waals surface area contributed by atoms with Crippen LogP contribution in [0.1, 0.15) is 12.0 Å². The first kappa shape index (κ1) is 25.0. The number of H-pyrrole nitrogens is 1.